The number of alkyl halides is 1. The lowest BCUT2D eigenvalue weighted by Crippen LogP contribution is -2.35. The fourth-order valence-corrected chi connectivity index (χ4v) is 3.01. The zero-order valence-corrected chi connectivity index (χ0v) is 11.6. The second-order valence-corrected chi connectivity index (χ2v) is 5.38. The fourth-order valence-electron chi connectivity index (χ4n) is 2.79. The molecule has 0 amide bonds. The van der Waals surface area contributed by atoms with E-state index in [1.165, 1.54) is 31.4 Å². The Labute approximate surface area is 109 Å². The summed E-state index contributed by atoms with van der Waals surface area (Å²) in [5.74, 6) is 0.716. The summed E-state index contributed by atoms with van der Waals surface area (Å²) in [6, 6.07) is 2.90. The minimum Gasteiger partial charge on any atom is -0.293 e. The molecule has 3 nitrogen and oxygen atoms in total. The van der Waals surface area contributed by atoms with Crippen LogP contribution in [0.3, 0.4) is 0 Å². The zero-order chi connectivity index (χ0) is 12.3. The Morgan fingerprint density at radius 1 is 1.47 bits per heavy atom. The molecule has 1 fully saturated rings. The summed E-state index contributed by atoms with van der Waals surface area (Å²) >= 11 is 5.92. The number of hydrogen-bond acceptors (Lipinski definition) is 2. The van der Waals surface area contributed by atoms with E-state index >= 15 is 0 Å². The van der Waals surface area contributed by atoms with E-state index in [2.05, 4.69) is 16.1 Å². The molecule has 0 aromatic carbocycles. The molecule has 1 heterocycles. The molecule has 0 saturated heterocycles. The van der Waals surface area contributed by atoms with Gasteiger partial charge in [-0.15, -0.1) is 11.6 Å². The van der Waals surface area contributed by atoms with Crippen molar-refractivity contribution < 1.29 is 0 Å². The molecule has 96 valence electrons. The van der Waals surface area contributed by atoms with Crippen LogP contribution in [0.5, 0.6) is 0 Å². The minimum absolute atomic E-state index is 0.716. The van der Waals surface area contributed by atoms with Crippen LogP contribution >= 0.6 is 11.6 Å². The monoisotopic (exact) mass is 255 g/mol. The van der Waals surface area contributed by atoms with Crippen molar-refractivity contribution in [3.05, 3.63) is 17.5 Å². The van der Waals surface area contributed by atoms with Crippen molar-refractivity contribution in [1.29, 1.82) is 0 Å². The summed E-state index contributed by atoms with van der Waals surface area (Å²) in [5, 5.41) is 4.41. The summed E-state index contributed by atoms with van der Waals surface area (Å²) in [7, 11) is 2.02. The average Bonchev–Trinajstić information content (AvgIpc) is 2.88. The zero-order valence-electron chi connectivity index (χ0n) is 10.8. The van der Waals surface area contributed by atoms with Gasteiger partial charge >= 0.3 is 0 Å². The summed E-state index contributed by atoms with van der Waals surface area (Å²) in [4.78, 5) is 2.52. The maximum Gasteiger partial charge on any atom is 0.0597 e. The molecule has 0 unspecified atom stereocenters. The molecule has 17 heavy (non-hydrogen) atoms. The molecule has 4 heteroatoms. The van der Waals surface area contributed by atoms with E-state index in [0.717, 1.165) is 24.8 Å². The van der Waals surface area contributed by atoms with Crippen LogP contribution in [0.2, 0.25) is 0 Å². The Morgan fingerprint density at radius 2 is 2.18 bits per heavy atom. The van der Waals surface area contributed by atoms with E-state index < -0.39 is 0 Å². The van der Waals surface area contributed by atoms with E-state index in [0.29, 0.717) is 5.88 Å². The Morgan fingerprint density at radius 3 is 2.71 bits per heavy atom. The van der Waals surface area contributed by atoms with Gasteiger partial charge in [0.2, 0.25) is 0 Å². The Balaban J connectivity index is 2.03. The van der Waals surface area contributed by atoms with Gasteiger partial charge < -0.3 is 0 Å². The third-order valence-electron chi connectivity index (χ3n) is 3.68. The highest BCUT2D eigenvalue weighted by atomic mass is 35.5. The molecule has 0 spiro atoms. The van der Waals surface area contributed by atoms with E-state index in [1.807, 2.05) is 18.7 Å². The molecular formula is C13H22ClN3. The number of rotatable bonds is 5. The lowest BCUT2D eigenvalue weighted by atomic mass is 10.2. The SMILES string of the molecule is Cc1cc(CN(CCCl)C2CCCC2)n(C)n1. The van der Waals surface area contributed by atoms with Gasteiger partial charge in [-0.3, -0.25) is 9.58 Å². The van der Waals surface area contributed by atoms with Crippen LogP contribution in [0.15, 0.2) is 6.07 Å². The molecule has 0 bridgehead atoms. The molecular weight excluding hydrogens is 234 g/mol. The van der Waals surface area contributed by atoms with Crippen molar-refractivity contribution in [3.63, 3.8) is 0 Å². The van der Waals surface area contributed by atoms with Gasteiger partial charge in [-0.2, -0.15) is 5.10 Å². The van der Waals surface area contributed by atoms with Crippen molar-refractivity contribution in [2.24, 2.45) is 7.05 Å². The Bertz CT molecular complexity index is 356. The van der Waals surface area contributed by atoms with Crippen LogP contribution in [0.1, 0.15) is 37.1 Å². The maximum atomic E-state index is 5.92. The number of halogens is 1. The van der Waals surface area contributed by atoms with Gasteiger partial charge in [0.05, 0.1) is 11.4 Å². The first-order valence-electron chi connectivity index (χ1n) is 6.50. The molecule has 0 radical (unpaired) electrons. The largest absolute Gasteiger partial charge is 0.293 e. The quantitative estimate of drug-likeness (QED) is 0.755. The molecule has 1 aromatic rings. The predicted molar refractivity (Wildman–Crippen MR) is 71.3 cm³/mol. The van der Waals surface area contributed by atoms with Crippen molar-refractivity contribution in [2.45, 2.75) is 45.2 Å². The molecule has 0 N–H and O–H groups in total. The van der Waals surface area contributed by atoms with Crippen molar-refractivity contribution >= 4 is 11.6 Å². The third kappa shape index (κ3) is 3.23. The van der Waals surface area contributed by atoms with E-state index in [-0.39, 0.29) is 0 Å². The van der Waals surface area contributed by atoms with Crippen LogP contribution in [-0.4, -0.2) is 33.1 Å². The molecule has 1 aliphatic carbocycles. The highest BCUT2D eigenvalue weighted by Gasteiger charge is 2.22. The third-order valence-corrected chi connectivity index (χ3v) is 3.85. The second kappa shape index (κ2) is 5.87. The van der Waals surface area contributed by atoms with Crippen LogP contribution in [0, 0.1) is 6.92 Å². The second-order valence-electron chi connectivity index (χ2n) is 5.00. The van der Waals surface area contributed by atoms with Crippen LogP contribution in [0.4, 0.5) is 0 Å². The van der Waals surface area contributed by atoms with E-state index in [1.54, 1.807) is 0 Å². The topological polar surface area (TPSA) is 21.1 Å². The molecule has 0 aliphatic heterocycles. The fraction of sp³-hybridized carbons (Fsp3) is 0.769. The number of aromatic nitrogens is 2. The first-order valence-corrected chi connectivity index (χ1v) is 7.03. The van der Waals surface area contributed by atoms with Gasteiger partial charge in [-0.25, -0.2) is 0 Å². The average molecular weight is 256 g/mol. The summed E-state index contributed by atoms with van der Waals surface area (Å²) in [5.41, 5.74) is 2.39. The van der Waals surface area contributed by atoms with Crippen molar-refractivity contribution in [2.75, 3.05) is 12.4 Å². The van der Waals surface area contributed by atoms with Crippen LogP contribution in [0.25, 0.3) is 0 Å². The number of hydrogen-bond donors (Lipinski definition) is 0. The molecule has 2 rings (SSSR count). The lowest BCUT2D eigenvalue weighted by Gasteiger charge is -2.27. The number of nitrogens with zero attached hydrogens (tertiary/aromatic N) is 3. The van der Waals surface area contributed by atoms with Crippen molar-refractivity contribution in [3.8, 4) is 0 Å². The number of aryl methyl sites for hydroxylation is 2. The predicted octanol–water partition coefficient (Wildman–Crippen LogP) is 2.71. The van der Waals surface area contributed by atoms with Gasteiger partial charge in [0.25, 0.3) is 0 Å². The lowest BCUT2D eigenvalue weighted by molar-refractivity contribution is 0.196. The van der Waals surface area contributed by atoms with E-state index in [9.17, 15) is 0 Å². The Kier molecular flexibility index (Phi) is 4.46. The van der Waals surface area contributed by atoms with Crippen LogP contribution < -0.4 is 0 Å². The molecule has 0 atom stereocenters. The van der Waals surface area contributed by atoms with Crippen LogP contribution in [-0.2, 0) is 13.6 Å². The highest BCUT2D eigenvalue weighted by molar-refractivity contribution is 6.18. The highest BCUT2D eigenvalue weighted by Crippen LogP contribution is 2.24. The van der Waals surface area contributed by atoms with Gasteiger partial charge in [0, 0.05) is 32.1 Å². The maximum absolute atomic E-state index is 5.92. The molecule has 1 aliphatic rings. The first kappa shape index (κ1) is 12.9. The van der Waals surface area contributed by atoms with Gasteiger partial charge in [0.1, 0.15) is 0 Å². The standard InChI is InChI=1S/C13H22ClN3/c1-11-9-13(16(2)15-11)10-17(8-7-14)12-5-3-4-6-12/h9,12H,3-8,10H2,1-2H3. The first-order chi connectivity index (χ1) is 8.20. The summed E-state index contributed by atoms with van der Waals surface area (Å²) in [6.07, 6.45) is 5.39. The Hall–Kier alpha value is -0.540. The van der Waals surface area contributed by atoms with Gasteiger partial charge in [-0.1, -0.05) is 12.8 Å². The normalized spacial score (nSPS) is 17.2. The smallest absolute Gasteiger partial charge is 0.0597 e. The van der Waals surface area contributed by atoms with Gasteiger partial charge in [-0.05, 0) is 25.8 Å². The summed E-state index contributed by atoms with van der Waals surface area (Å²) in [6.45, 7) is 4.01. The molecule has 1 saturated carbocycles. The van der Waals surface area contributed by atoms with Gasteiger partial charge in [0.15, 0.2) is 0 Å². The minimum atomic E-state index is 0.716. The summed E-state index contributed by atoms with van der Waals surface area (Å²) < 4.78 is 1.99. The van der Waals surface area contributed by atoms with E-state index in [4.69, 9.17) is 11.6 Å². The van der Waals surface area contributed by atoms with Crippen molar-refractivity contribution in [1.82, 2.24) is 14.7 Å². The molecule has 1 aromatic heterocycles.